The molecule has 130 valence electrons. The number of fused-ring (bicyclic) bond motifs is 1. The van der Waals surface area contributed by atoms with Crippen LogP contribution in [0.3, 0.4) is 0 Å². The predicted molar refractivity (Wildman–Crippen MR) is 100 cm³/mol. The van der Waals surface area contributed by atoms with Gasteiger partial charge in [-0.15, -0.1) is 11.3 Å². The van der Waals surface area contributed by atoms with E-state index in [1.54, 1.807) is 11.3 Å². The fourth-order valence-corrected chi connectivity index (χ4v) is 4.15. The number of hydrogen-bond acceptors (Lipinski definition) is 3. The summed E-state index contributed by atoms with van der Waals surface area (Å²) in [7, 11) is 0. The highest BCUT2D eigenvalue weighted by Gasteiger charge is 2.22. The van der Waals surface area contributed by atoms with Gasteiger partial charge in [0.15, 0.2) is 0 Å². The van der Waals surface area contributed by atoms with E-state index in [2.05, 4.69) is 52.2 Å². The molecule has 3 heterocycles. The molecule has 4 rings (SSSR count). The van der Waals surface area contributed by atoms with Gasteiger partial charge in [0, 0.05) is 47.5 Å². The van der Waals surface area contributed by atoms with E-state index in [1.165, 1.54) is 15.8 Å². The number of rotatable bonds is 4. The van der Waals surface area contributed by atoms with Gasteiger partial charge in [-0.2, -0.15) is 0 Å². The Balaban J connectivity index is 1.56. The van der Waals surface area contributed by atoms with E-state index in [1.807, 2.05) is 11.0 Å². The van der Waals surface area contributed by atoms with Gasteiger partial charge in [0.25, 0.3) is 0 Å². The lowest BCUT2D eigenvalue weighted by Gasteiger charge is -2.28. The largest absolute Gasteiger partial charge is 0.378 e. The normalized spacial score (nSPS) is 16.1. The number of aromatic amines is 1. The van der Waals surface area contributed by atoms with E-state index < -0.39 is 0 Å². The number of carbonyl (C=O) groups is 1. The Morgan fingerprint density at radius 3 is 2.88 bits per heavy atom. The molecule has 0 spiro atoms. The summed E-state index contributed by atoms with van der Waals surface area (Å²) >= 11 is 1.73. The van der Waals surface area contributed by atoms with Crippen LogP contribution in [0, 0.1) is 0 Å². The molecule has 0 bridgehead atoms. The van der Waals surface area contributed by atoms with Crippen LogP contribution in [0.1, 0.15) is 16.4 Å². The first kappa shape index (κ1) is 16.2. The standard InChI is InChI=1S/C19H21N3O2S/c23-19(22-7-9-24-10-8-22)21-13-16(18-6-3-11-25-18)15-12-20-17-5-2-1-4-14(15)17/h1-6,11-12,16,20H,7-10,13H2,(H,21,23)/t16-/m0/s1. The zero-order valence-electron chi connectivity index (χ0n) is 13.9. The highest BCUT2D eigenvalue weighted by molar-refractivity contribution is 7.10. The maximum atomic E-state index is 12.5. The fraction of sp³-hybridized carbons (Fsp3) is 0.316. The molecule has 1 aliphatic rings. The molecule has 2 amide bonds. The molecular formula is C19H21N3O2S. The zero-order chi connectivity index (χ0) is 17.1. The summed E-state index contributed by atoms with van der Waals surface area (Å²) in [4.78, 5) is 18.9. The maximum Gasteiger partial charge on any atom is 0.317 e. The Labute approximate surface area is 150 Å². The summed E-state index contributed by atoms with van der Waals surface area (Å²) in [5.74, 6) is 0.140. The molecule has 0 saturated carbocycles. The number of para-hydroxylation sites is 1. The van der Waals surface area contributed by atoms with Crippen LogP contribution in [0.25, 0.3) is 10.9 Å². The maximum absolute atomic E-state index is 12.5. The molecule has 6 heteroatoms. The fourth-order valence-electron chi connectivity index (χ4n) is 3.30. The van der Waals surface area contributed by atoms with Crippen molar-refractivity contribution in [1.82, 2.24) is 15.2 Å². The van der Waals surface area contributed by atoms with E-state index in [9.17, 15) is 4.79 Å². The Kier molecular flexibility index (Phi) is 4.72. The molecule has 0 radical (unpaired) electrons. The summed E-state index contributed by atoms with van der Waals surface area (Å²) in [5.41, 5.74) is 2.35. The van der Waals surface area contributed by atoms with E-state index in [4.69, 9.17) is 4.74 Å². The number of nitrogens with one attached hydrogen (secondary N) is 2. The molecule has 5 nitrogen and oxygen atoms in total. The van der Waals surface area contributed by atoms with Gasteiger partial charge in [0.1, 0.15) is 0 Å². The van der Waals surface area contributed by atoms with Crippen LogP contribution < -0.4 is 5.32 Å². The topological polar surface area (TPSA) is 57.4 Å². The second-order valence-electron chi connectivity index (χ2n) is 6.14. The van der Waals surface area contributed by atoms with Crippen molar-refractivity contribution < 1.29 is 9.53 Å². The van der Waals surface area contributed by atoms with Crippen LogP contribution in [0.2, 0.25) is 0 Å². The number of benzene rings is 1. The smallest absolute Gasteiger partial charge is 0.317 e. The minimum atomic E-state index is -0.00954. The second kappa shape index (κ2) is 7.29. The Morgan fingerprint density at radius 1 is 1.24 bits per heavy atom. The van der Waals surface area contributed by atoms with Crippen molar-refractivity contribution in [2.45, 2.75) is 5.92 Å². The molecule has 3 aromatic rings. The predicted octanol–water partition coefficient (Wildman–Crippen LogP) is 3.40. The molecule has 1 fully saturated rings. The van der Waals surface area contributed by atoms with Crippen molar-refractivity contribution in [2.75, 3.05) is 32.8 Å². The van der Waals surface area contributed by atoms with Gasteiger partial charge in [0.2, 0.25) is 0 Å². The lowest BCUT2D eigenvalue weighted by atomic mass is 9.97. The molecule has 1 saturated heterocycles. The van der Waals surface area contributed by atoms with Gasteiger partial charge in [-0.25, -0.2) is 4.79 Å². The van der Waals surface area contributed by atoms with E-state index in [-0.39, 0.29) is 11.9 Å². The molecule has 0 aliphatic carbocycles. The number of amides is 2. The van der Waals surface area contributed by atoms with Crippen LogP contribution in [0.5, 0.6) is 0 Å². The number of H-pyrrole nitrogens is 1. The number of ether oxygens (including phenoxy) is 1. The number of nitrogens with zero attached hydrogens (tertiary/aromatic N) is 1. The molecular weight excluding hydrogens is 334 g/mol. The van der Waals surface area contributed by atoms with Crippen molar-refractivity contribution in [3.8, 4) is 0 Å². The van der Waals surface area contributed by atoms with Crippen LogP contribution in [-0.2, 0) is 4.74 Å². The summed E-state index contributed by atoms with van der Waals surface area (Å²) in [6.45, 7) is 3.12. The minimum absolute atomic E-state index is 0.00954. The average Bonchev–Trinajstić information content (AvgIpc) is 3.33. The van der Waals surface area contributed by atoms with Gasteiger partial charge in [0.05, 0.1) is 13.2 Å². The number of urea groups is 1. The third-order valence-electron chi connectivity index (χ3n) is 4.64. The zero-order valence-corrected chi connectivity index (χ0v) is 14.7. The Hall–Kier alpha value is -2.31. The Morgan fingerprint density at radius 2 is 2.08 bits per heavy atom. The van der Waals surface area contributed by atoms with Crippen LogP contribution in [0.15, 0.2) is 48.0 Å². The molecule has 1 aliphatic heterocycles. The van der Waals surface area contributed by atoms with E-state index >= 15 is 0 Å². The van der Waals surface area contributed by atoms with Gasteiger partial charge in [-0.3, -0.25) is 0 Å². The third-order valence-corrected chi connectivity index (χ3v) is 5.62. The van der Waals surface area contributed by atoms with Crippen molar-refractivity contribution in [2.24, 2.45) is 0 Å². The average molecular weight is 355 g/mol. The number of morpholine rings is 1. The van der Waals surface area contributed by atoms with Crippen LogP contribution in [-0.4, -0.2) is 48.8 Å². The van der Waals surface area contributed by atoms with E-state index in [0.29, 0.717) is 32.8 Å². The number of carbonyl (C=O) groups excluding carboxylic acids is 1. The van der Waals surface area contributed by atoms with Crippen LogP contribution >= 0.6 is 11.3 Å². The summed E-state index contributed by atoms with van der Waals surface area (Å²) < 4.78 is 5.32. The quantitative estimate of drug-likeness (QED) is 0.754. The second-order valence-corrected chi connectivity index (χ2v) is 7.12. The molecule has 25 heavy (non-hydrogen) atoms. The first-order valence-corrected chi connectivity index (χ1v) is 9.41. The van der Waals surface area contributed by atoms with Crippen molar-refractivity contribution in [1.29, 1.82) is 0 Å². The first-order valence-electron chi connectivity index (χ1n) is 8.53. The number of aromatic nitrogens is 1. The van der Waals surface area contributed by atoms with Gasteiger partial charge >= 0.3 is 6.03 Å². The SMILES string of the molecule is O=C(NC[C@H](c1cccs1)c1c[nH]c2ccccc12)N1CCOCC1. The van der Waals surface area contributed by atoms with Crippen molar-refractivity contribution >= 4 is 28.3 Å². The van der Waals surface area contributed by atoms with Crippen molar-refractivity contribution in [3.63, 3.8) is 0 Å². The lowest BCUT2D eigenvalue weighted by molar-refractivity contribution is 0.0532. The number of hydrogen-bond donors (Lipinski definition) is 2. The van der Waals surface area contributed by atoms with Crippen LogP contribution in [0.4, 0.5) is 4.79 Å². The molecule has 1 atom stereocenters. The van der Waals surface area contributed by atoms with E-state index in [0.717, 1.165) is 5.52 Å². The Bertz CT molecular complexity index is 837. The number of thiophene rings is 1. The molecule has 2 aromatic heterocycles. The monoisotopic (exact) mass is 355 g/mol. The van der Waals surface area contributed by atoms with Gasteiger partial charge < -0.3 is 19.9 Å². The summed E-state index contributed by atoms with van der Waals surface area (Å²) in [5, 5.41) is 6.41. The van der Waals surface area contributed by atoms with Crippen molar-refractivity contribution in [3.05, 3.63) is 58.4 Å². The van der Waals surface area contributed by atoms with Gasteiger partial charge in [-0.05, 0) is 23.1 Å². The summed E-state index contributed by atoms with van der Waals surface area (Å²) in [6, 6.07) is 12.5. The minimum Gasteiger partial charge on any atom is -0.378 e. The molecule has 2 N–H and O–H groups in total. The highest BCUT2D eigenvalue weighted by Crippen LogP contribution is 2.32. The lowest BCUT2D eigenvalue weighted by Crippen LogP contribution is -2.47. The molecule has 1 aromatic carbocycles. The molecule has 0 unspecified atom stereocenters. The third kappa shape index (κ3) is 3.41. The highest BCUT2D eigenvalue weighted by atomic mass is 32.1. The first-order chi connectivity index (χ1) is 12.3. The summed E-state index contributed by atoms with van der Waals surface area (Å²) in [6.07, 6.45) is 2.07. The van der Waals surface area contributed by atoms with Gasteiger partial charge in [-0.1, -0.05) is 24.3 Å².